The number of ketones is 2. The van der Waals surface area contributed by atoms with Gasteiger partial charge in [0.2, 0.25) is 0 Å². The Labute approximate surface area is 241 Å². The number of Topliss-reactive ketones (excluding diaryl/α,β-unsaturated/α-hetero) is 1. The van der Waals surface area contributed by atoms with Crippen molar-refractivity contribution >= 4 is 11.6 Å². The zero-order valence-electron chi connectivity index (χ0n) is 25.4. The zero-order chi connectivity index (χ0) is 29.7. The fourth-order valence-corrected chi connectivity index (χ4v) is 5.94. The van der Waals surface area contributed by atoms with Crippen molar-refractivity contribution in [2.45, 2.75) is 86.0 Å². The Balaban J connectivity index is 2.22. The number of nitrogens with two attached hydrogens (primary N) is 2. The van der Waals surface area contributed by atoms with Gasteiger partial charge in [-0.05, 0) is 74.3 Å². The summed E-state index contributed by atoms with van der Waals surface area (Å²) in [4.78, 5) is 37.4. The number of hydrogen-bond acceptors (Lipinski definition) is 7. The molecule has 0 bridgehead atoms. The van der Waals surface area contributed by atoms with E-state index in [-0.39, 0.29) is 47.7 Å². The van der Waals surface area contributed by atoms with Gasteiger partial charge in [-0.25, -0.2) is 5.84 Å². The minimum absolute atomic E-state index is 0.0581. The molecule has 0 aliphatic heterocycles. The molecule has 7 heteroatoms. The van der Waals surface area contributed by atoms with Crippen LogP contribution in [0.2, 0.25) is 0 Å². The molecule has 222 valence electrons. The lowest BCUT2D eigenvalue weighted by Crippen LogP contribution is -2.30. The largest absolute Gasteiger partial charge is 0.397 e. The smallest absolute Gasteiger partial charge is 0.158 e. The van der Waals surface area contributed by atoms with Gasteiger partial charge in [0.1, 0.15) is 5.78 Å². The Kier molecular flexibility index (Phi) is 14.3. The number of hydrazine groups is 1. The maximum atomic E-state index is 13.1. The number of rotatable bonds is 8. The normalized spacial score (nSPS) is 31.7. The van der Waals surface area contributed by atoms with Crippen LogP contribution in [0.25, 0.3) is 0 Å². The fraction of sp³-hybridized carbons (Fsp3) is 0.636. The number of nitrogens with zero attached hydrogens (tertiary/aromatic N) is 2. The lowest BCUT2D eigenvalue weighted by atomic mass is 9.77. The monoisotopic (exact) mass is 552 g/mol. The summed E-state index contributed by atoms with van der Waals surface area (Å²) in [6.07, 6.45) is 19.7. The lowest BCUT2D eigenvalue weighted by molar-refractivity contribution is -0.121. The van der Waals surface area contributed by atoms with E-state index in [4.69, 9.17) is 11.6 Å². The highest BCUT2D eigenvalue weighted by Gasteiger charge is 2.27. The van der Waals surface area contributed by atoms with Crippen LogP contribution in [0, 0.1) is 40.4 Å². The second kappa shape index (κ2) is 17.1. The Morgan fingerprint density at radius 1 is 1.12 bits per heavy atom. The number of carbonyl (C=O) groups excluding carboxylic acids is 2. The van der Waals surface area contributed by atoms with E-state index in [0.29, 0.717) is 31.0 Å². The van der Waals surface area contributed by atoms with Gasteiger partial charge in [-0.2, -0.15) is 4.91 Å². The first kappa shape index (κ1) is 33.4. The van der Waals surface area contributed by atoms with Crippen molar-refractivity contribution in [1.82, 2.24) is 5.01 Å². The van der Waals surface area contributed by atoms with Gasteiger partial charge < -0.3 is 10.7 Å². The molecule has 0 aromatic heterocycles. The van der Waals surface area contributed by atoms with Crippen molar-refractivity contribution in [2.24, 2.45) is 52.3 Å². The second-order valence-electron chi connectivity index (χ2n) is 12.2. The highest BCUT2D eigenvalue weighted by atomic mass is 16.3. The van der Waals surface area contributed by atoms with E-state index in [1.807, 2.05) is 44.4 Å². The van der Waals surface area contributed by atoms with Gasteiger partial charge >= 0.3 is 0 Å². The molecule has 2 unspecified atom stereocenters. The van der Waals surface area contributed by atoms with E-state index in [2.05, 4.69) is 32.0 Å². The van der Waals surface area contributed by atoms with E-state index in [9.17, 15) is 14.5 Å². The summed E-state index contributed by atoms with van der Waals surface area (Å²) in [5.41, 5.74) is 9.01. The molecule has 0 spiro atoms. The molecule has 0 fully saturated rings. The molecular weight excluding hydrogens is 500 g/mol. The Hall–Kier alpha value is -2.80. The first-order chi connectivity index (χ1) is 19.0. The third-order valence-electron chi connectivity index (χ3n) is 8.78. The van der Waals surface area contributed by atoms with E-state index in [1.54, 1.807) is 11.1 Å². The summed E-state index contributed by atoms with van der Waals surface area (Å²) in [6, 6.07) is 0. The predicted molar refractivity (Wildman–Crippen MR) is 165 cm³/mol. The summed E-state index contributed by atoms with van der Waals surface area (Å²) < 4.78 is 0. The highest BCUT2D eigenvalue weighted by molar-refractivity contribution is 5.91. The SMILES string of the molecule is CC[C@H]1CC(=O)C[C@H](C)[C@H](C)CC(CCN(N)/C=C(\N)C2=CC=CCC2)CC(C)C(=O)/C=C/C(C)=C/[C@@H]1CN=O. The molecular formula is C33H52N4O3. The molecule has 0 aromatic carbocycles. The number of carbonyl (C=O) groups is 2. The van der Waals surface area contributed by atoms with Crippen LogP contribution < -0.4 is 11.6 Å². The molecule has 40 heavy (non-hydrogen) atoms. The van der Waals surface area contributed by atoms with Crippen LogP contribution in [0.1, 0.15) is 86.0 Å². The zero-order valence-corrected chi connectivity index (χ0v) is 25.4. The van der Waals surface area contributed by atoms with Crippen LogP contribution in [0.3, 0.4) is 0 Å². The van der Waals surface area contributed by atoms with Crippen molar-refractivity contribution in [1.29, 1.82) is 0 Å². The quantitative estimate of drug-likeness (QED) is 0.195. The molecule has 2 aliphatic rings. The van der Waals surface area contributed by atoms with Gasteiger partial charge in [-0.1, -0.05) is 75.2 Å². The van der Waals surface area contributed by atoms with Crippen LogP contribution in [-0.4, -0.2) is 29.7 Å². The summed E-state index contributed by atoms with van der Waals surface area (Å²) in [7, 11) is 0. The van der Waals surface area contributed by atoms with E-state index in [0.717, 1.165) is 49.7 Å². The van der Waals surface area contributed by atoms with Crippen molar-refractivity contribution in [2.75, 3.05) is 13.1 Å². The van der Waals surface area contributed by atoms with Crippen molar-refractivity contribution in [3.8, 4) is 0 Å². The summed E-state index contributed by atoms with van der Waals surface area (Å²) >= 11 is 0. The molecule has 2 aliphatic carbocycles. The minimum atomic E-state index is -0.132. The van der Waals surface area contributed by atoms with Gasteiger partial charge in [0.15, 0.2) is 5.78 Å². The van der Waals surface area contributed by atoms with Crippen LogP contribution in [0.15, 0.2) is 64.7 Å². The average molecular weight is 553 g/mol. The number of allylic oxidation sites excluding steroid dienone is 7. The molecule has 7 nitrogen and oxygen atoms in total. The van der Waals surface area contributed by atoms with Gasteiger partial charge in [-0.3, -0.25) is 9.59 Å². The van der Waals surface area contributed by atoms with Crippen LogP contribution >= 0.6 is 0 Å². The van der Waals surface area contributed by atoms with Crippen molar-refractivity contribution in [3.05, 3.63) is 64.4 Å². The van der Waals surface area contributed by atoms with Crippen molar-refractivity contribution in [3.63, 3.8) is 0 Å². The summed E-state index contributed by atoms with van der Waals surface area (Å²) in [6.45, 7) is 11.1. The van der Waals surface area contributed by atoms with Gasteiger partial charge in [0.05, 0.1) is 12.2 Å². The van der Waals surface area contributed by atoms with E-state index >= 15 is 0 Å². The van der Waals surface area contributed by atoms with Crippen LogP contribution in [-0.2, 0) is 9.59 Å². The second-order valence-corrected chi connectivity index (χ2v) is 12.2. The maximum Gasteiger partial charge on any atom is 0.158 e. The molecule has 0 radical (unpaired) electrons. The molecule has 2 rings (SSSR count). The molecule has 0 saturated heterocycles. The fourth-order valence-electron chi connectivity index (χ4n) is 5.94. The van der Waals surface area contributed by atoms with E-state index < -0.39 is 0 Å². The first-order valence-electron chi connectivity index (χ1n) is 15.1. The third-order valence-corrected chi connectivity index (χ3v) is 8.78. The predicted octanol–water partition coefficient (Wildman–Crippen LogP) is 6.78. The number of hydrogen-bond donors (Lipinski definition) is 2. The molecule has 0 amide bonds. The summed E-state index contributed by atoms with van der Waals surface area (Å²) in [5.74, 6) is 7.33. The highest BCUT2D eigenvalue weighted by Crippen LogP contribution is 2.32. The molecule has 6 atom stereocenters. The van der Waals surface area contributed by atoms with Gasteiger partial charge in [-0.15, -0.1) is 0 Å². The molecule has 0 aromatic rings. The lowest BCUT2D eigenvalue weighted by Gasteiger charge is -2.29. The minimum Gasteiger partial charge on any atom is -0.397 e. The van der Waals surface area contributed by atoms with E-state index in [1.165, 1.54) is 0 Å². The third kappa shape index (κ3) is 11.4. The Morgan fingerprint density at radius 2 is 1.88 bits per heavy atom. The summed E-state index contributed by atoms with van der Waals surface area (Å²) in [5, 5.41) is 4.82. The first-order valence-corrected chi connectivity index (χ1v) is 15.1. The Bertz CT molecular complexity index is 1010. The molecule has 0 heterocycles. The van der Waals surface area contributed by atoms with Crippen LogP contribution in [0.4, 0.5) is 0 Å². The average Bonchev–Trinajstić information content (AvgIpc) is 2.92. The van der Waals surface area contributed by atoms with Crippen molar-refractivity contribution < 1.29 is 9.59 Å². The molecule has 4 N–H and O–H groups in total. The molecule has 0 saturated carbocycles. The Morgan fingerprint density at radius 3 is 2.52 bits per heavy atom. The van der Waals surface area contributed by atoms with Gasteiger partial charge in [0.25, 0.3) is 0 Å². The maximum absolute atomic E-state index is 13.1. The van der Waals surface area contributed by atoms with Gasteiger partial charge in [0, 0.05) is 37.4 Å². The topological polar surface area (TPSA) is 119 Å². The standard InChI is InChI=1S/C33H52N4O3/c1-6-28-20-31(38)19-25(4)24(3)17-27(14-15-37(35)22-32(34)29-10-8-7-9-11-29)18-26(5)33(39)13-12-23(2)16-30(28)21-36-40/h7-8,10,12-13,16,22,24-28,30H,6,9,11,14-15,17-21,34-35H2,1-5H3/b13-12+,23-16+,32-22-/t24-,25+,26?,27?,28+,30-/m1/s1. The number of nitroso groups, excluding NO2 is 1. The van der Waals surface area contributed by atoms with Crippen LogP contribution in [0.5, 0.6) is 0 Å².